The minimum atomic E-state index is -1.82. The summed E-state index contributed by atoms with van der Waals surface area (Å²) in [5.74, 6) is -2.73. The van der Waals surface area contributed by atoms with Gasteiger partial charge >= 0.3 is 11.9 Å². The fourth-order valence-electron chi connectivity index (χ4n) is 2.01. The second-order valence-electron chi connectivity index (χ2n) is 3.94. The van der Waals surface area contributed by atoms with Gasteiger partial charge in [0.1, 0.15) is 0 Å². The molecule has 0 aromatic rings. The quantitative estimate of drug-likeness (QED) is 0.505. The summed E-state index contributed by atoms with van der Waals surface area (Å²) in [6.45, 7) is 3.14. The topological polar surface area (TPSA) is 95.9 Å². The Bertz CT molecular complexity index is 218. The molecule has 92 valence electrons. The smallest absolute Gasteiger partial charge is 0.414 e. The Morgan fingerprint density at radius 1 is 1.19 bits per heavy atom. The standard InChI is InChI=1S/C8H15NO.C2H2O4/c1-2-7-3-5-10-6-8(7)9-4-1;3-1(4)2(5)6/h7-9H,1-6H2;(H,3,4)(H,5,6)/t7-,8+;/m0./s1. The van der Waals surface area contributed by atoms with E-state index in [1.807, 2.05) is 0 Å². The highest BCUT2D eigenvalue weighted by Crippen LogP contribution is 2.23. The first-order valence-corrected chi connectivity index (χ1v) is 5.38. The van der Waals surface area contributed by atoms with Crippen LogP contribution in [0.3, 0.4) is 0 Å². The van der Waals surface area contributed by atoms with Gasteiger partial charge < -0.3 is 20.3 Å². The summed E-state index contributed by atoms with van der Waals surface area (Å²) in [5, 5.41) is 18.3. The van der Waals surface area contributed by atoms with Crippen molar-refractivity contribution in [2.75, 3.05) is 19.8 Å². The van der Waals surface area contributed by atoms with Gasteiger partial charge in [0.2, 0.25) is 0 Å². The van der Waals surface area contributed by atoms with Crippen molar-refractivity contribution >= 4 is 11.9 Å². The second kappa shape index (κ2) is 6.44. The molecular formula is C10H17NO5. The van der Waals surface area contributed by atoms with E-state index in [1.54, 1.807) is 0 Å². The highest BCUT2D eigenvalue weighted by molar-refractivity contribution is 6.27. The van der Waals surface area contributed by atoms with Gasteiger partial charge in [0.05, 0.1) is 6.61 Å². The van der Waals surface area contributed by atoms with Crippen molar-refractivity contribution in [3.8, 4) is 0 Å². The largest absolute Gasteiger partial charge is 0.473 e. The van der Waals surface area contributed by atoms with Gasteiger partial charge in [0.25, 0.3) is 0 Å². The number of rotatable bonds is 0. The molecule has 2 atom stereocenters. The van der Waals surface area contributed by atoms with Crippen LogP contribution >= 0.6 is 0 Å². The summed E-state index contributed by atoms with van der Waals surface area (Å²) in [6.07, 6.45) is 4.06. The van der Waals surface area contributed by atoms with Crippen molar-refractivity contribution in [2.24, 2.45) is 5.92 Å². The highest BCUT2D eigenvalue weighted by atomic mass is 16.5. The zero-order chi connectivity index (χ0) is 12.0. The maximum Gasteiger partial charge on any atom is 0.414 e. The van der Waals surface area contributed by atoms with E-state index in [9.17, 15) is 0 Å². The van der Waals surface area contributed by atoms with E-state index in [4.69, 9.17) is 24.5 Å². The van der Waals surface area contributed by atoms with Crippen molar-refractivity contribution in [1.82, 2.24) is 5.32 Å². The molecule has 0 spiro atoms. The van der Waals surface area contributed by atoms with Gasteiger partial charge in [-0.1, -0.05) is 0 Å². The van der Waals surface area contributed by atoms with Crippen molar-refractivity contribution in [3.05, 3.63) is 0 Å². The molecule has 0 aliphatic carbocycles. The van der Waals surface area contributed by atoms with Gasteiger partial charge in [-0.3, -0.25) is 0 Å². The van der Waals surface area contributed by atoms with E-state index in [-0.39, 0.29) is 0 Å². The second-order valence-corrected chi connectivity index (χ2v) is 3.94. The Kier molecular flexibility index (Phi) is 5.21. The molecule has 16 heavy (non-hydrogen) atoms. The zero-order valence-corrected chi connectivity index (χ0v) is 9.02. The number of ether oxygens (including phenoxy) is 1. The van der Waals surface area contributed by atoms with Gasteiger partial charge in [-0.15, -0.1) is 0 Å². The third-order valence-electron chi connectivity index (χ3n) is 2.84. The van der Waals surface area contributed by atoms with Crippen LogP contribution in [0.25, 0.3) is 0 Å². The van der Waals surface area contributed by atoms with E-state index in [2.05, 4.69) is 5.32 Å². The molecular weight excluding hydrogens is 214 g/mol. The first kappa shape index (κ1) is 12.9. The summed E-state index contributed by atoms with van der Waals surface area (Å²) < 4.78 is 5.38. The lowest BCUT2D eigenvalue weighted by atomic mass is 9.87. The zero-order valence-electron chi connectivity index (χ0n) is 9.02. The maximum atomic E-state index is 9.10. The lowest BCUT2D eigenvalue weighted by molar-refractivity contribution is -0.159. The normalized spacial score (nSPS) is 28.2. The van der Waals surface area contributed by atoms with Gasteiger partial charge in [0, 0.05) is 12.6 Å². The number of piperidine rings is 1. The van der Waals surface area contributed by atoms with Crippen molar-refractivity contribution in [1.29, 1.82) is 0 Å². The lowest BCUT2D eigenvalue weighted by Gasteiger charge is -2.35. The molecule has 0 aromatic carbocycles. The SMILES string of the molecule is C1CN[C@@H]2COCC[C@@H]2C1.O=C(O)C(=O)O. The summed E-state index contributed by atoms with van der Waals surface area (Å²) >= 11 is 0. The van der Waals surface area contributed by atoms with Crippen LogP contribution in [0.1, 0.15) is 19.3 Å². The number of fused-ring (bicyclic) bond motifs is 1. The number of aliphatic carboxylic acids is 2. The molecule has 2 heterocycles. The van der Waals surface area contributed by atoms with Crippen LogP contribution in [0, 0.1) is 5.92 Å². The average molecular weight is 231 g/mol. The summed E-state index contributed by atoms with van der Waals surface area (Å²) in [7, 11) is 0. The summed E-state index contributed by atoms with van der Waals surface area (Å²) in [5.41, 5.74) is 0. The van der Waals surface area contributed by atoms with Gasteiger partial charge in [0.15, 0.2) is 0 Å². The lowest BCUT2D eigenvalue weighted by Crippen LogP contribution is -2.47. The van der Waals surface area contributed by atoms with Crippen molar-refractivity contribution in [3.63, 3.8) is 0 Å². The molecule has 0 amide bonds. The molecule has 2 saturated heterocycles. The van der Waals surface area contributed by atoms with E-state index < -0.39 is 11.9 Å². The molecule has 6 nitrogen and oxygen atoms in total. The van der Waals surface area contributed by atoms with Crippen molar-refractivity contribution in [2.45, 2.75) is 25.3 Å². The van der Waals surface area contributed by atoms with Crippen molar-refractivity contribution < 1.29 is 24.5 Å². The fraction of sp³-hybridized carbons (Fsp3) is 0.800. The molecule has 6 heteroatoms. The van der Waals surface area contributed by atoms with Crippen LogP contribution in [0.15, 0.2) is 0 Å². The number of hydrogen-bond donors (Lipinski definition) is 3. The molecule has 0 bridgehead atoms. The van der Waals surface area contributed by atoms with E-state index in [0.717, 1.165) is 19.1 Å². The number of carbonyl (C=O) groups is 2. The highest BCUT2D eigenvalue weighted by Gasteiger charge is 2.27. The summed E-state index contributed by atoms with van der Waals surface area (Å²) in [4.78, 5) is 18.2. The van der Waals surface area contributed by atoms with Crippen LogP contribution in [-0.2, 0) is 14.3 Å². The monoisotopic (exact) mass is 231 g/mol. The molecule has 2 rings (SSSR count). The van der Waals surface area contributed by atoms with E-state index in [0.29, 0.717) is 6.04 Å². The number of carboxylic acids is 2. The Morgan fingerprint density at radius 2 is 1.88 bits per heavy atom. The Morgan fingerprint density at radius 3 is 2.44 bits per heavy atom. The van der Waals surface area contributed by atoms with E-state index >= 15 is 0 Å². The molecule has 2 aliphatic heterocycles. The minimum Gasteiger partial charge on any atom is -0.473 e. The first-order chi connectivity index (χ1) is 7.61. The third kappa shape index (κ3) is 4.16. The number of nitrogens with one attached hydrogen (secondary N) is 1. The number of hydrogen-bond acceptors (Lipinski definition) is 4. The van der Waals surface area contributed by atoms with Gasteiger partial charge in [-0.05, 0) is 31.7 Å². The van der Waals surface area contributed by atoms with Crippen LogP contribution in [0.5, 0.6) is 0 Å². The van der Waals surface area contributed by atoms with Gasteiger partial charge in [-0.2, -0.15) is 0 Å². The molecule has 3 N–H and O–H groups in total. The Balaban J connectivity index is 0.000000187. The van der Waals surface area contributed by atoms with Crippen LogP contribution in [0.4, 0.5) is 0 Å². The first-order valence-electron chi connectivity index (χ1n) is 5.38. The van der Waals surface area contributed by atoms with E-state index in [1.165, 1.54) is 25.8 Å². The molecule has 0 radical (unpaired) electrons. The minimum absolute atomic E-state index is 0.683. The fourth-order valence-corrected chi connectivity index (χ4v) is 2.01. The predicted molar refractivity (Wildman–Crippen MR) is 55.2 cm³/mol. The molecule has 2 fully saturated rings. The van der Waals surface area contributed by atoms with Crippen LogP contribution in [-0.4, -0.2) is 48.0 Å². The summed E-state index contributed by atoms with van der Waals surface area (Å²) in [6, 6.07) is 0.683. The molecule has 0 unspecified atom stereocenters. The Labute approximate surface area is 93.6 Å². The average Bonchev–Trinajstić information content (AvgIpc) is 2.30. The van der Waals surface area contributed by atoms with Gasteiger partial charge in [-0.25, -0.2) is 9.59 Å². The third-order valence-corrected chi connectivity index (χ3v) is 2.84. The predicted octanol–water partition coefficient (Wildman–Crippen LogP) is -0.0695. The Hall–Kier alpha value is -1.14. The van der Waals surface area contributed by atoms with Crippen LogP contribution < -0.4 is 5.32 Å². The number of carboxylic acid groups (broad SMARTS) is 2. The molecule has 0 saturated carbocycles. The molecule has 0 aromatic heterocycles. The maximum absolute atomic E-state index is 9.10. The molecule has 2 aliphatic rings. The van der Waals surface area contributed by atoms with Crippen LogP contribution in [0.2, 0.25) is 0 Å².